The molecule has 0 aromatic heterocycles. The maximum Gasteiger partial charge on any atom is 0.191 e. The summed E-state index contributed by atoms with van der Waals surface area (Å²) in [5, 5.41) is 6.97. The van der Waals surface area contributed by atoms with Gasteiger partial charge in [-0.1, -0.05) is 25.7 Å². The highest BCUT2D eigenvalue weighted by atomic mass is 127. The maximum absolute atomic E-state index is 5.34. The minimum atomic E-state index is 0. The molecule has 0 unspecified atom stereocenters. The van der Waals surface area contributed by atoms with Crippen LogP contribution in [-0.4, -0.2) is 63.8 Å². The first-order valence-electron chi connectivity index (χ1n) is 10.5. The Morgan fingerprint density at radius 3 is 2.35 bits per heavy atom. The number of aliphatic imine (C=N–C) groups is 1. The molecule has 5 nitrogen and oxygen atoms in total. The first kappa shape index (κ1) is 24.0. The number of methoxy groups -OCH3 is 1. The van der Waals surface area contributed by atoms with Gasteiger partial charge in [-0.15, -0.1) is 24.0 Å². The van der Waals surface area contributed by atoms with Crippen LogP contribution in [0.1, 0.15) is 64.7 Å². The Balaban J connectivity index is 0.00000338. The van der Waals surface area contributed by atoms with Crippen molar-refractivity contribution in [2.24, 2.45) is 10.4 Å². The predicted molar refractivity (Wildman–Crippen MR) is 122 cm³/mol. The van der Waals surface area contributed by atoms with E-state index in [4.69, 9.17) is 9.73 Å². The minimum absolute atomic E-state index is 0. The molecule has 0 spiro atoms. The van der Waals surface area contributed by atoms with Gasteiger partial charge in [0.2, 0.25) is 0 Å². The van der Waals surface area contributed by atoms with Crippen molar-refractivity contribution in [3.63, 3.8) is 0 Å². The van der Waals surface area contributed by atoms with Gasteiger partial charge in [0.05, 0.1) is 0 Å². The summed E-state index contributed by atoms with van der Waals surface area (Å²) in [6, 6.07) is 0. The first-order chi connectivity index (χ1) is 12.3. The van der Waals surface area contributed by atoms with Gasteiger partial charge in [0.25, 0.3) is 0 Å². The van der Waals surface area contributed by atoms with E-state index in [-0.39, 0.29) is 24.0 Å². The lowest BCUT2D eigenvalue weighted by Gasteiger charge is -2.27. The van der Waals surface area contributed by atoms with Gasteiger partial charge in [-0.25, -0.2) is 0 Å². The summed E-state index contributed by atoms with van der Waals surface area (Å²) in [7, 11) is 1.81. The Kier molecular flexibility index (Phi) is 12.9. The summed E-state index contributed by atoms with van der Waals surface area (Å²) >= 11 is 0. The quantitative estimate of drug-likeness (QED) is 0.301. The van der Waals surface area contributed by atoms with Gasteiger partial charge < -0.3 is 20.3 Å². The van der Waals surface area contributed by atoms with Crippen LogP contribution in [0.5, 0.6) is 0 Å². The van der Waals surface area contributed by atoms with Crippen molar-refractivity contribution < 1.29 is 4.74 Å². The molecule has 2 fully saturated rings. The lowest BCUT2D eigenvalue weighted by atomic mass is 9.83. The van der Waals surface area contributed by atoms with Gasteiger partial charge in [-0.05, 0) is 57.5 Å². The number of nitrogens with one attached hydrogen (secondary N) is 2. The number of nitrogens with zero attached hydrogens (tertiary/aromatic N) is 2. The number of halogens is 1. The fourth-order valence-electron chi connectivity index (χ4n) is 4.21. The largest absolute Gasteiger partial charge is 0.385 e. The van der Waals surface area contributed by atoms with Crippen LogP contribution < -0.4 is 10.6 Å². The third-order valence-corrected chi connectivity index (χ3v) is 5.84. The number of rotatable bonds is 9. The molecule has 26 heavy (non-hydrogen) atoms. The van der Waals surface area contributed by atoms with Gasteiger partial charge in [0.1, 0.15) is 0 Å². The molecule has 1 aliphatic heterocycles. The highest BCUT2D eigenvalue weighted by Crippen LogP contribution is 2.41. The normalized spacial score (nSPS) is 21.1. The Hall–Kier alpha value is -0.0800. The Bertz CT molecular complexity index is 378. The molecule has 154 valence electrons. The highest BCUT2D eigenvalue weighted by Gasteiger charge is 2.33. The topological polar surface area (TPSA) is 48.9 Å². The monoisotopic (exact) mass is 480 g/mol. The molecule has 1 heterocycles. The number of hydrogen-bond acceptors (Lipinski definition) is 3. The van der Waals surface area contributed by atoms with Crippen molar-refractivity contribution in [1.29, 1.82) is 0 Å². The fraction of sp³-hybridized carbons (Fsp3) is 0.950. The second-order valence-corrected chi connectivity index (χ2v) is 7.83. The summed E-state index contributed by atoms with van der Waals surface area (Å²) in [6.07, 6.45) is 11.9. The van der Waals surface area contributed by atoms with E-state index < -0.39 is 0 Å². The molecule has 1 aliphatic carbocycles. The molecule has 1 saturated carbocycles. The van der Waals surface area contributed by atoms with Crippen molar-refractivity contribution in [2.45, 2.75) is 64.7 Å². The van der Waals surface area contributed by atoms with E-state index in [0.29, 0.717) is 5.41 Å². The number of guanidine groups is 1. The molecule has 0 radical (unpaired) electrons. The van der Waals surface area contributed by atoms with Crippen molar-refractivity contribution in [1.82, 2.24) is 15.5 Å². The van der Waals surface area contributed by atoms with Gasteiger partial charge in [0.15, 0.2) is 5.96 Å². The zero-order valence-electron chi connectivity index (χ0n) is 17.0. The zero-order chi connectivity index (χ0) is 17.8. The average Bonchev–Trinajstić information content (AvgIpc) is 2.94. The molecule has 0 bridgehead atoms. The highest BCUT2D eigenvalue weighted by molar-refractivity contribution is 14.0. The first-order valence-corrected chi connectivity index (χ1v) is 10.5. The molecular weight excluding hydrogens is 439 g/mol. The Labute approximate surface area is 178 Å². The average molecular weight is 480 g/mol. The number of ether oxygens (including phenoxy) is 1. The number of hydrogen-bond donors (Lipinski definition) is 2. The third-order valence-electron chi connectivity index (χ3n) is 5.84. The SMILES string of the molecule is CCNC(=NCC1(CCOC)CCCC1)NCCN1CCCCCC1.I. The summed E-state index contributed by atoms with van der Waals surface area (Å²) in [6.45, 7) is 9.47. The molecule has 2 N–H and O–H groups in total. The zero-order valence-corrected chi connectivity index (χ0v) is 19.4. The van der Waals surface area contributed by atoms with Gasteiger partial charge in [-0.3, -0.25) is 4.99 Å². The van der Waals surface area contributed by atoms with Gasteiger partial charge in [0, 0.05) is 39.9 Å². The van der Waals surface area contributed by atoms with Crippen LogP contribution in [-0.2, 0) is 4.74 Å². The maximum atomic E-state index is 5.34. The molecule has 2 rings (SSSR count). The Morgan fingerprint density at radius 2 is 1.73 bits per heavy atom. The molecule has 0 atom stereocenters. The van der Waals surface area contributed by atoms with E-state index in [1.165, 1.54) is 64.5 Å². The molecule has 6 heteroatoms. The van der Waals surface area contributed by atoms with Crippen molar-refractivity contribution in [3.05, 3.63) is 0 Å². The third kappa shape index (κ3) is 8.74. The van der Waals surface area contributed by atoms with Crippen molar-refractivity contribution >= 4 is 29.9 Å². The molecule has 0 amide bonds. The van der Waals surface area contributed by atoms with Crippen LogP contribution in [0.3, 0.4) is 0 Å². The molecular formula is C20H41IN4O. The standard InChI is InChI=1S/C20H40N4O.HI/c1-3-21-19(22-13-16-24-14-8-4-5-9-15-24)23-18-20(12-17-25-2)10-6-7-11-20;/h3-18H2,1-2H3,(H2,21,22,23);1H. The van der Waals surface area contributed by atoms with Crippen LogP contribution in [0.25, 0.3) is 0 Å². The van der Waals surface area contributed by atoms with E-state index in [2.05, 4.69) is 22.5 Å². The van der Waals surface area contributed by atoms with E-state index in [1.807, 2.05) is 0 Å². The molecule has 2 aliphatic rings. The lowest BCUT2D eigenvalue weighted by Crippen LogP contribution is -2.42. The van der Waals surface area contributed by atoms with E-state index in [0.717, 1.165) is 45.2 Å². The second kappa shape index (κ2) is 14.0. The van der Waals surface area contributed by atoms with Crippen LogP contribution >= 0.6 is 24.0 Å². The van der Waals surface area contributed by atoms with E-state index in [9.17, 15) is 0 Å². The van der Waals surface area contributed by atoms with Crippen LogP contribution in [0.4, 0.5) is 0 Å². The Morgan fingerprint density at radius 1 is 1.04 bits per heavy atom. The second-order valence-electron chi connectivity index (χ2n) is 7.83. The van der Waals surface area contributed by atoms with E-state index >= 15 is 0 Å². The summed E-state index contributed by atoms with van der Waals surface area (Å²) < 4.78 is 5.34. The fourth-order valence-corrected chi connectivity index (χ4v) is 4.21. The minimum Gasteiger partial charge on any atom is -0.385 e. The lowest BCUT2D eigenvalue weighted by molar-refractivity contribution is 0.141. The van der Waals surface area contributed by atoms with Crippen LogP contribution in [0.2, 0.25) is 0 Å². The van der Waals surface area contributed by atoms with Crippen LogP contribution in [0, 0.1) is 5.41 Å². The summed E-state index contributed by atoms with van der Waals surface area (Å²) in [5.74, 6) is 0.987. The smallest absolute Gasteiger partial charge is 0.191 e. The van der Waals surface area contributed by atoms with Gasteiger partial charge >= 0.3 is 0 Å². The van der Waals surface area contributed by atoms with Crippen molar-refractivity contribution in [3.8, 4) is 0 Å². The predicted octanol–water partition coefficient (Wildman–Crippen LogP) is 3.63. The van der Waals surface area contributed by atoms with Gasteiger partial charge in [-0.2, -0.15) is 0 Å². The molecule has 0 aromatic carbocycles. The van der Waals surface area contributed by atoms with E-state index in [1.54, 1.807) is 7.11 Å². The summed E-state index contributed by atoms with van der Waals surface area (Å²) in [5.41, 5.74) is 0.364. The molecule has 0 aromatic rings. The van der Waals surface area contributed by atoms with Crippen LogP contribution in [0.15, 0.2) is 4.99 Å². The number of likely N-dealkylation sites (tertiary alicyclic amines) is 1. The molecule has 1 saturated heterocycles. The van der Waals surface area contributed by atoms with Crippen molar-refractivity contribution in [2.75, 3.05) is 53.0 Å². The summed E-state index contributed by atoms with van der Waals surface area (Å²) in [4.78, 5) is 7.54.